The molecule has 0 aliphatic heterocycles. The van der Waals surface area contributed by atoms with E-state index >= 15 is 0 Å². The summed E-state index contributed by atoms with van der Waals surface area (Å²) in [5.74, 6) is 0.844. The van der Waals surface area contributed by atoms with Gasteiger partial charge in [0.25, 0.3) is 0 Å². The molecule has 0 bridgehead atoms. The summed E-state index contributed by atoms with van der Waals surface area (Å²) in [5.41, 5.74) is 7.15. The Labute approximate surface area is 165 Å². The van der Waals surface area contributed by atoms with E-state index < -0.39 is 0 Å². The lowest BCUT2D eigenvalue weighted by molar-refractivity contribution is 1.22. The number of aryl methyl sites for hydroxylation is 3. The third kappa shape index (κ3) is 3.13. The van der Waals surface area contributed by atoms with Gasteiger partial charge >= 0.3 is 0 Å². The molecule has 4 rings (SSSR count). The SMILES string of the molecule is Cc1ccc(-c2csc3ncnc(Nc4ccc(Br)cc4C)c23)c(C)c1. The Bertz CT molecular complexity index is 1120. The number of anilines is 2. The van der Waals surface area contributed by atoms with Crippen molar-refractivity contribution in [2.75, 3.05) is 5.32 Å². The second-order valence-electron chi connectivity index (χ2n) is 6.45. The Hall–Kier alpha value is -2.24. The molecule has 26 heavy (non-hydrogen) atoms. The molecule has 4 aromatic rings. The number of nitrogens with one attached hydrogen (secondary N) is 1. The van der Waals surface area contributed by atoms with Crippen molar-refractivity contribution in [2.24, 2.45) is 0 Å². The fraction of sp³-hybridized carbons (Fsp3) is 0.143. The van der Waals surface area contributed by atoms with Crippen LogP contribution in [0.4, 0.5) is 11.5 Å². The maximum absolute atomic E-state index is 4.54. The summed E-state index contributed by atoms with van der Waals surface area (Å²) in [6, 6.07) is 12.8. The zero-order valence-electron chi connectivity index (χ0n) is 14.8. The van der Waals surface area contributed by atoms with Gasteiger partial charge in [0, 0.05) is 21.1 Å². The highest BCUT2D eigenvalue weighted by molar-refractivity contribution is 9.10. The van der Waals surface area contributed by atoms with E-state index in [9.17, 15) is 0 Å². The number of fused-ring (bicyclic) bond motifs is 1. The zero-order valence-corrected chi connectivity index (χ0v) is 17.2. The minimum Gasteiger partial charge on any atom is -0.339 e. The molecule has 1 N–H and O–H groups in total. The van der Waals surface area contributed by atoms with Gasteiger partial charge in [-0.3, -0.25) is 0 Å². The second-order valence-corrected chi connectivity index (χ2v) is 8.23. The topological polar surface area (TPSA) is 37.8 Å². The van der Waals surface area contributed by atoms with E-state index in [1.165, 1.54) is 22.3 Å². The molecule has 5 heteroatoms. The van der Waals surface area contributed by atoms with Crippen LogP contribution in [0.1, 0.15) is 16.7 Å². The monoisotopic (exact) mass is 423 g/mol. The minimum atomic E-state index is 0.844. The number of hydrogen-bond acceptors (Lipinski definition) is 4. The molecule has 130 valence electrons. The van der Waals surface area contributed by atoms with Gasteiger partial charge in [0.1, 0.15) is 17.0 Å². The molecule has 0 atom stereocenters. The fourth-order valence-corrected chi connectivity index (χ4v) is 4.56. The molecule has 0 saturated heterocycles. The van der Waals surface area contributed by atoms with Crippen LogP contribution in [0.2, 0.25) is 0 Å². The van der Waals surface area contributed by atoms with E-state index in [1.54, 1.807) is 17.7 Å². The van der Waals surface area contributed by atoms with Crippen molar-refractivity contribution in [3.63, 3.8) is 0 Å². The molecule has 2 aromatic carbocycles. The van der Waals surface area contributed by atoms with Crippen LogP contribution in [-0.2, 0) is 0 Å². The van der Waals surface area contributed by atoms with Gasteiger partial charge in [0.15, 0.2) is 0 Å². The van der Waals surface area contributed by atoms with Gasteiger partial charge < -0.3 is 5.32 Å². The number of hydrogen-bond donors (Lipinski definition) is 1. The Morgan fingerprint density at radius 1 is 0.923 bits per heavy atom. The Kier molecular flexibility index (Phi) is 4.51. The lowest BCUT2D eigenvalue weighted by Gasteiger charge is -2.12. The lowest BCUT2D eigenvalue weighted by Crippen LogP contribution is -1.97. The highest BCUT2D eigenvalue weighted by Gasteiger charge is 2.15. The second kappa shape index (κ2) is 6.82. The molecule has 0 fully saturated rings. The van der Waals surface area contributed by atoms with Crippen LogP contribution < -0.4 is 5.32 Å². The van der Waals surface area contributed by atoms with E-state index in [-0.39, 0.29) is 0 Å². The maximum atomic E-state index is 4.54. The summed E-state index contributed by atoms with van der Waals surface area (Å²) >= 11 is 5.17. The first-order chi connectivity index (χ1) is 12.5. The van der Waals surface area contributed by atoms with Gasteiger partial charge in [-0.05, 0) is 55.7 Å². The van der Waals surface area contributed by atoms with E-state index in [0.29, 0.717) is 0 Å². The van der Waals surface area contributed by atoms with Crippen LogP contribution in [0.15, 0.2) is 52.6 Å². The molecule has 0 aliphatic rings. The summed E-state index contributed by atoms with van der Waals surface area (Å²) in [6.07, 6.45) is 1.63. The summed E-state index contributed by atoms with van der Waals surface area (Å²) in [6.45, 7) is 6.36. The molecule has 0 unspecified atom stereocenters. The summed E-state index contributed by atoms with van der Waals surface area (Å²) in [5, 5.41) is 6.76. The van der Waals surface area contributed by atoms with Crippen LogP contribution in [0.25, 0.3) is 21.3 Å². The molecule has 2 heterocycles. The van der Waals surface area contributed by atoms with Crippen LogP contribution in [0.3, 0.4) is 0 Å². The van der Waals surface area contributed by atoms with Gasteiger partial charge in [0.05, 0.1) is 5.39 Å². The number of halogens is 1. The number of thiophene rings is 1. The Morgan fingerprint density at radius 2 is 1.77 bits per heavy atom. The first-order valence-electron chi connectivity index (χ1n) is 8.36. The number of rotatable bonds is 3. The predicted molar refractivity (Wildman–Crippen MR) is 114 cm³/mol. The van der Waals surface area contributed by atoms with Crippen LogP contribution in [-0.4, -0.2) is 9.97 Å². The zero-order chi connectivity index (χ0) is 18.3. The lowest BCUT2D eigenvalue weighted by atomic mass is 9.99. The quantitative estimate of drug-likeness (QED) is 0.394. The maximum Gasteiger partial charge on any atom is 0.143 e. The highest BCUT2D eigenvalue weighted by atomic mass is 79.9. The molecule has 0 amide bonds. The average Bonchev–Trinajstić information content (AvgIpc) is 3.02. The molecular formula is C21H18BrN3S. The predicted octanol–water partition coefficient (Wildman–Crippen LogP) is 6.79. The summed E-state index contributed by atoms with van der Waals surface area (Å²) < 4.78 is 1.07. The van der Waals surface area contributed by atoms with Crippen molar-refractivity contribution < 1.29 is 0 Å². The Balaban J connectivity index is 1.87. The summed E-state index contributed by atoms with van der Waals surface area (Å²) in [4.78, 5) is 10.0. The number of nitrogens with zero attached hydrogens (tertiary/aromatic N) is 2. The third-order valence-electron chi connectivity index (χ3n) is 4.48. The molecular weight excluding hydrogens is 406 g/mol. The van der Waals surface area contributed by atoms with Gasteiger partial charge in [-0.25, -0.2) is 9.97 Å². The number of benzene rings is 2. The van der Waals surface area contributed by atoms with Crippen molar-refractivity contribution in [1.29, 1.82) is 0 Å². The molecule has 3 nitrogen and oxygen atoms in total. The average molecular weight is 424 g/mol. The standard InChI is InChI=1S/C21H18BrN3S/c1-12-4-6-16(13(2)8-12)17-10-26-21-19(17)20(23-11-24-21)25-18-7-5-15(22)9-14(18)3/h4-11H,1-3H3,(H,23,24,25). The van der Waals surface area contributed by atoms with Gasteiger partial charge in [-0.15, -0.1) is 11.3 Å². The van der Waals surface area contributed by atoms with Crippen molar-refractivity contribution in [2.45, 2.75) is 20.8 Å². The Morgan fingerprint density at radius 3 is 2.54 bits per heavy atom. The van der Waals surface area contributed by atoms with E-state index in [2.05, 4.69) is 87.7 Å². The molecule has 0 aliphatic carbocycles. The molecule has 0 radical (unpaired) electrons. The van der Waals surface area contributed by atoms with E-state index in [4.69, 9.17) is 0 Å². The van der Waals surface area contributed by atoms with Gasteiger partial charge in [0.2, 0.25) is 0 Å². The van der Waals surface area contributed by atoms with E-state index in [1.807, 2.05) is 6.07 Å². The molecule has 0 saturated carbocycles. The van der Waals surface area contributed by atoms with Crippen LogP contribution in [0, 0.1) is 20.8 Å². The summed E-state index contributed by atoms with van der Waals surface area (Å²) in [7, 11) is 0. The number of aromatic nitrogens is 2. The normalized spacial score (nSPS) is 11.1. The third-order valence-corrected chi connectivity index (χ3v) is 5.86. The first-order valence-corrected chi connectivity index (χ1v) is 10.0. The fourth-order valence-electron chi connectivity index (χ4n) is 3.18. The first kappa shape index (κ1) is 17.2. The van der Waals surface area contributed by atoms with Crippen molar-refractivity contribution in [3.8, 4) is 11.1 Å². The minimum absolute atomic E-state index is 0.844. The smallest absolute Gasteiger partial charge is 0.143 e. The van der Waals surface area contributed by atoms with Crippen molar-refractivity contribution >= 4 is 49.0 Å². The molecule has 0 spiro atoms. The van der Waals surface area contributed by atoms with E-state index in [0.717, 1.165) is 31.8 Å². The molecule has 2 aromatic heterocycles. The van der Waals surface area contributed by atoms with Gasteiger partial charge in [-0.2, -0.15) is 0 Å². The van der Waals surface area contributed by atoms with Gasteiger partial charge in [-0.1, -0.05) is 39.7 Å². The largest absolute Gasteiger partial charge is 0.339 e. The van der Waals surface area contributed by atoms with Crippen molar-refractivity contribution in [1.82, 2.24) is 9.97 Å². The van der Waals surface area contributed by atoms with Crippen molar-refractivity contribution in [3.05, 3.63) is 69.3 Å². The highest BCUT2D eigenvalue weighted by Crippen LogP contribution is 2.39. The van der Waals surface area contributed by atoms with Crippen LogP contribution in [0.5, 0.6) is 0 Å². The van der Waals surface area contributed by atoms with Crippen LogP contribution >= 0.6 is 27.3 Å².